The molecule has 5 nitrogen and oxygen atoms in total. The van der Waals surface area contributed by atoms with E-state index in [9.17, 15) is 13.2 Å². The molecule has 0 spiro atoms. The van der Waals surface area contributed by atoms with Crippen LogP contribution in [0.25, 0.3) is 6.08 Å². The van der Waals surface area contributed by atoms with Gasteiger partial charge in [-0.2, -0.15) is 0 Å². The molecular weight excluding hydrogens is 350 g/mol. The van der Waals surface area contributed by atoms with Crippen molar-refractivity contribution in [2.24, 2.45) is 0 Å². The number of sulfone groups is 1. The minimum atomic E-state index is -3.93. The summed E-state index contributed by atoms with van der Waals surface area (Å²) >= 11 is 0. The zero-order chi connectivity index (χ0) is 18.1. The van der Waals surface area contributed by atoms with Crippen LogP contribution >= 0.6 is 0 Å². The number of carbonyl (C=O) groups excluding carboxylic acids is 1. The fraction of sp³-hybridized carbons (Fsp3) is 0.0500. The molecule has 26 heavy (non-hydrogen) atoms. The zero-order valence-electron chi connectivity index (χ0n) is 13.6. The van der Waals surface area contributed by atoms with Gasteiger partial charge in [0.1, 0.15) is 10.7 Å². The second kappa shape index (κ2) is 6.31. The van der Waals surface area contributed by atoms with E-state index in [0.717, 1.165) is 0 Å². The average molecular weight is 365 g/mol. The predicted molar refractivity (Wildman–Crippen MR) is 98.7 cm³/mol. The molecule has 6 heteroatoms. The van der Waals surface area contributed by atoms with Gasteiger partial charge < -0.3 is 4.42 Å². The Morgan fingerprint density at radius 1 is 0.885 bits per heavy atom. The number of rotatable bonds is 3. The number of hydrogen-bond donors (Lipinski definition) is 0. The van der Waals surface area contributed by atoms with Crippen LogP contribution in [-0.2, 0) is 14.6 Å². The molecule has 1 aliphatic rings. The van der Waals surface area contributed by atoms with Gasteiger partial charge in [-0.15, -0.1) is 0 Å². The first kappa shape index (κ1) is 16.4. The highest BCUT2D eigenvalue weighted by atomic mass is 32.2. The standard InChI is InChI=1S/C20H15NO4S/c22-19-18(14-17-12-7-13-25-17)26(23,24)20(15-8-3-1-4-9-15)21(19)16-10-5-2-6-11-16/h1-14,20H/b18-14-/t20-/m0/s1. The van der Waals surface area contributed by atoms with Crippen molar-refractivity contribution < 1.29 is 17.6 Å². The Labute approximate surface area is 151 Å². The molecule has 4 rings (SSSR count). The number of carbonyl (C=O) groups is 1. The number of nitrogens with zero attached hydrogens (tertiary/aromatic N) is 1. The van der Waals surface area contributed by atoms with Gasteiger partial charge >= 0.3 is 0 Å². The number of furan rings is 1. The topological polar surface area (TPSA) is 67.6 Å². The van der Waals surface area contributed by atoms with E-state index < -0.39 is 21.1 Å². The Bertz CT molecular complexity index is 1060. The summed E-state index contributed by atoms with van der Waals surface area (Å²) in [7, 11) is -3.93. The zero-order valence-corrected chi connectivity index (χ0v) is 14.5. The maximum Gasteiger partial charge on any atom is 0.271 e. The van der Waals surface area contributed by atoms with E-state index >= 15 is 0 Å². The normalized spacial score (nSPS) is 20.6. The van der Waals surface area contributed by atoms with Gasteiger partial charge in [-0.3, -0.25) is 9.69 Å². The first-order chi connectivity index (χ1) is 12.6. The van der Waals surface area contributed by atoms with Gasteiger partial charge in [-0.05, 0) is 29.8 Å². The second-order valence-electron chi connectivity index (χ2n) is 5.84. The van der Waals surface area contributed by atoms with E-state index in [-0.39, 0.29) is 4.91 Å². The summed E-state index contributed by atoms with van der Waals surface area (Å²) in [6.45, 7) is 0. The lowest BCUT2D eigenvalue weighted by Crippen LogP contribution is -2.28. The molecule has 3 aromatic rings. The van der Waals surface area contributed by atoms with E-state index in [1.54, 1.807) is 66.7 Å². The maximum atomic E-state index is 13.2. The fourth-order valence-electron chi connectivity index (χ4n) is 3.04. The molecule has 0 saturated carbocycles. The second-order valence-corrected chi connectivity index (χ2v) is 7.82. The third-order valence-electron chi connectivity index (χ3n) is 4.20. The molecule has 0 N–H and O–H groups in total. The third-order valence-corrected chi connectivity index (χ3v) is 6.18. The first-order valence-electron chi connectivity index (χ1n) is 8.02. The quantitative estimate of drug-likeness (QED) is 0.663. The van der Waals surface area contributed by atoms with Gasteiger partial charge in [0.05, 0.1) is 6.26 Å². The molecule has 1 fully saturated rings. The number of para-hydroxylation sites is 1. The summed E-state index contributed by atoms with van der Waals surface area (Å²) in [6.07, 6.45) is 2.72. The maximum absolute atomic E-state index is 13.2. The number of hydrogen-bond acceptors (Lipinski definition) is 4. The predicted octanol–water partition coefficient (Wildman–Crippen LogP) is 3.78. The van der Waals surface area contributed by atoms with Gasteiger partial charge in [0.2, 0.25) is 9.84 Å². The van der Waals surface area contributed by atoms with Crippen LogP contribution < -0.4 is 4.90 Å². The SMILES string of the molecule is O=C1/C(=C/c2ccco2)S(=O)(=O)[C@@H](c2ccccc2)N1c1ccccc1. The average Bonchev–Trinajstić information content (AvgIpc) is 3.24. The number of anilines is 1. The van der Waals surface area contributed by atoms with Crippen LogP contribution in [0.1, 0.15) is 16.7 Å². The Morgan fingerprint density at radius 3 is 2.15 bits per heavy atom. The highest BCUT2D eigenvalue weighted by molar-refractivity contribution is 7.97. The Kier molecular flexibility index (Phi) is 3.97. The number of benzene rings is 2. The third kappa shape index (κ3) is 2.64. The number of amides is 1. The summed E-state index contributed by atoms with van der Waals surface area (Å²) in [5.41, 5.74) is 1.06. The summed E-state index contributed by atoms with van der Waals surface area (Å²) in [6, 6.07) is 20.8. The van der Waals surface area contributed by atoms with Crippen LogP contribution in [0, 0.1) is 0 Å². The fourth-order valence-corrected chi connectivity index (χ4v) is 4.91. The van der Waals surface area contributed by atoms with Crippen LogP contribution in [0.3, 0.4) is 0 Å². The molecule has 0 radical (unpaired) electrons. The van der Waals surface area contributed by atoms with E-state index in [4.69, 9.17) is 4.42 Å². The van der Waals surface area contributed by atoms with E-state index in [0.29, 0.717) is 17.0 Å². The van der Waals surface area contributed by atoms with E-state index in [2.05, 4.69) is 0 Å². The van der Waals surface area contributed by atoms with Crippen LogP contribution in [0.4, 0.5) is 5.69 Å². The summed E-state index contributed by atoms with van der Waals surface area (Å²) in [4.78, 5) is 14.1. The molecule has 0 bridgehead atoms. The van der Waals surface area contributed by atoms with Crippen LogP contribution in [0.15, 0.2) is 88.4 Å². The molecule has 130 valence electrons. The van der Waals surface area contributed by atoms with Crippen molar-refractivity contribution in [3.63, 3.8) is 0 Å². The summed E-state index contributed by atoms with van der Waals surface area (Å²) in [5.74, 6) is -0.250. The van der Waals surface area contributed by atoms with Crippen molar-refractivity contribution in [1.29, 1.82) is 0 Å². The molecule has 1 saturated heterocycles. The van der Waals surface area contributed by atoms with Gasteiger partial charge in [-0.1, -0.05) is 48.5 Å². The molecule has 1 amide bonds. The molecule has 2 heterocycles. The molecule has 1 atom stereocenters. The van der Waals surface area contributed by atoms with Gasteiger partial charge in [0.25, 0.3) is 5.91 Å². The molecular formula is C20H15NO4S. The highest BCUT2D eigenvalue weighted by Crippen LogP contribution is 2.43. The Balaban J connectivity index is 1.93. The van der Waals surface area contributed by atoms with Crippen molar-refractivity contribution in [2.45, 2.75) is 5.37 Å². The Morgan fingerprint density at radius 2 is 1.54 bits per heavy atom. The molecule has 1 aromatic heterocycles. The van der Waals surface area contributed by atoms with Crippen LogP contribution in [-0.4, -0.2) is 14.3 Å². The van der Waals surface area contributed by atoms with Crippen molar-refractivity contribution in [3.05, 3.63) is 95.3 Å². The highest BCUT2D eigenvalue weighted by Gasteiger charge is 2.50. The molecule has 0 unspecified atom stereocenters. The van der Waals surface area contributed by atoms with Crippen LogP contribution in [0.2, 0.25) is 0 Å². The lowest BCUT2D eigenvalue weighted by molar-refractivity contribution is -0.114. The summed E-state index contributed by atoms with van der Waals surface area (Å²) < 4.78 is 31.7. The Hall–Kier alpha value is -3.12. The largest absolute Gasteiger partial charge is 0.465 e. The molecule has 1 aliphatic heterocycles. The summed E-state index contributed by atoms with van der Waals surface area (Å²) in [5, 5.41) is -1.11. The molecule has 2 aromatic carbocycles. The minimum absolute atomic E-state index is 0.273. The van der Waals surface area contributed by atoms with Crippen molar-refractivity contribution in [1.82, 2.24) is 0 Å². The van der Waals surface area contributed by atoms with Crippen LogP contribution in [0.5, 0.6) is 0 Å². The lowest BCUT2D eigenvalue weighted by atomic mass is 10.2. The van der Waals surface area contributed by atoms with Crippen molar-refractivity contribution >= 4 is 27.5 Å². The van der Waals surface area contributed by atoms with E-state index in [1.165, 1.54) is 17.2 Å². The van der Waals surface area contributed by atoms with Gasteiger partial charge in [-0.25, -0.2) is 8.42 Å². The van der Waals surface area contributed by atoms with Gasteiger partial charge in [0, 0.05) is 11.8 Å². The van der Waals surface area contributed by atoms with Crippen molar-refractivity contribution in [3.8, 4) is 0 Å². The first-order valence-corrected chi connectivity index (χ1v) is 9.56. The minimum Gasteiger partial charge on any atom is -0.465 e. The lowest BCUT2D eigenvalue weighted by Gasteiger charge is -2.23. The van der Waals surface area contributed by atoms with Gasteiger partial charge in [0.15, 0.2) is 5.37 Å². The smallest absolute Gasteiger partial charge is 0.271 e. The van der Waals surface area contributed by atoms with E-state index in [1.807, 2.05) is 6.07 Å². The van der Waals surface area contributed by atoms with Crippen molar-refractivity contribution in [2.75, 3.05) is 4.90 Å². The monoisotopic (exact) mass is 365 g/mol. The molecule has 0 aliphatic carbocycles.